The van der Waals surface area contributed by atoms with Crippen molar-refractivity contribution in [2.75, 3.05) is 13.7 Å². The molecule has 1 aromatic heterocycles. The third-order valence-corrected chi connectivity index (χ3v) is 2.41. The summed E-state index contributed by atoms with van der Waals surface area (Å²) in [5, 5.41) is 7.05. The van der Waals surface area contributed by atoms with Crippen LogP contribution in [0.15, 0.2) is 30.3 Å². The normalized spacial score (nSPS) is 10.2. The molecule has 0 amide bonds. The molecule has 0 bridgehead atoms. The van der Waals surface area contributed by atoms with Crippen LogP contribution in [0.3, 0.4) is 0 Å². The van der Waals surface area contributed by atoms with Gasteiger partial charge in [0.05, 0.1) is 19.4 Å². The predicted octanol–water partition coefficient (Wildman–Crippen LogP) is 2.87. The average Bonchev–Trinajstić information content (AvgIpc) is 2.85. The number of hydrogen-bond donors (Lipinski definition) is 1. The quantitative estimate of drug-likeness (QED) is 0.862. The fourth-order valence-electron chi connectivity index (χ4n) is 1.50. The van der Waals surface area contributed by atoms with E-state index in [9.17, 15) is 0 Å². The number of aromatic nitrogens is 2. The topological polar surface area (TPSA) is 47.1 Å². The van der Waals surface area contributed by atoms with Gasteiger partial charge in [-0.05, 0) is 36.2 Å². The van der Waals surface area contributed by atoms with E-state index < -0.39 is 0 Å². The molecule has 4 heteroatoms. The summed E-state index contributed by atoms with van der Waals surface area (Å²) in [6, 6.07) is 9.70. The van der Waals surface area contributed by atoms with Gasteiger partial charge in [-0.1, -0.05) is 6.92 Å². The van der Waals surface area contributed by atoms with Crippen molar-refractivity contribution in [3.8, 4) is 22.9 Å². The highest BCUT2D eigenvalue weighted by atomic mass is 16.5. The van der Waals surface area contributed by atoms with Gasteiger partial charge >= 0.3 is 0 Å². The van der Waals surface area contributed by atoms with Crippen LogP contribution < -0.4 is 9.47 Å². The number of hydrogen-bond acceptors (Lipinski definition) is 3. The van der Waals surface area contributed by atoms with Gasteiger partial charge < -0.3 is 9.47 Å². The Balaban J connectivity index is 2.12. The zero-order valence-corrected chi connectivity index (χ0v) is 10.1. The van der Waals surface area contributed by atoms with Crippen molar-refractivity contribution in [3.05, 3.63) is 30.3 Å². The van der Waals surface area contributed by atoms with E-state index in [0.717, 1.165) is 23.4 Å². The number of rotatable bonds is 5. The first-order chi connectivity index (χ1) is 8.33. The van der Waals surface area contributed by atoms with Gasteiger partial charge in [-0.25, -0.2) is 0 Å². The van der Waals surface area contributed by atoms with Crippen LogP contribution in [0, 0.1) is 0 Å². The van der Waals surface area contributed by atoms with Crippen molar-refractivity contribution in [2.24, 2.45) is 0 Å². The lowest BCUT2D eigenvalue weighted by molar-refractivity contribution is 0.305. The second-order valence-corrected chi connectivity index (χ2v) is 3.70. The van der Waals surface area contributed by atoms with E-state index >= 15 is 0 Å². The minimum Gasteiger partial charge on any atom is -0.497 e. The van der Waals surface area contributed by atoms with Gasteiger partial charge in [0, 0.05) is 6.07 Å². The summed E-state index contributed by atoms with van der Waals surface area (Å²) in [5.74, 6) is 1.48. The summed E-state index contributed by atoms with van der Waals surface area (Å²) in [4.78, 5) is 0. The lowest BCUT2D eigenvalue weighted by Crippen LogP contribution is -1.94. The summed E-state index contributed by atoms with van der Waals surface area (Å²) in [5.41, 5.74) is 2.00. The van der Waals surface area contributed by atoms with Crippen molar-refractivity contribution < 1.29 is 9.47 Å². The number of benzene rings is 1. The van der Waals surface area contributed by atoms with Crippen LogP contribution in [0.2, 0.25) is 0 Å². The van der Waals surface area contributed by atoms with Gasteiger partial charge in [-0.3, -0.25) is 5.10 Å². The Morgan fingerprint density at radius 2 is 2.00 bits per heavy atom. The SMILES string of the molecule is CCCOc1cc(-c2ccc(OC)cc2)[nH]n1. The Morgan fingerprint density at radius 3 is 2.65 bits per heavy atom. The summed E-state index contributed by atoms with van der Waals surface area (Å²) in [6.45, 7) is 2.75. The molecule has 0 spiro atoms. The summed E-state index contributed by atoms with van der Waals surface area (Å²) < 4.78 is 10.5. The number of nitrogens with one attached hydrogen (secondary N) is 1. The monoisotopic (exact) mass is 232 g/mol. The van der Waals surface area contributed by atoms with Crippen LogP contribution in [0.5, 0.6) is 11.6 Å². The first-order valence-electron chi connectivity index (χ1n) is 5.66. The number of H-pyrrole nitrogens is 1. The molecule has 0 aliphatic rings. The van der Waals surface area contributed by atoms with Crippen molar-refractivity contribution in [1.82, 2.24) is 10.2 Å². The minimum absolute atomic E-state index is 0.637. The maximum absolute atomic E-state index is 5.44. The molecule has 0 saturated carbocycles. The van der Waals surface area contributed by atoms with Gasteiger partial charge in [0.15, 0.2) is 0 Å². The summed E-state index contributed by atoms with van der Waals surface area (Å²) in [6.07, 6.45) is 0.977. The molecule has 0 unspecified atom stereocenters. The number of ether oxygens (including phenoxy) is 2. The van der Waals surface area contributed by atoms with E-state index in [1.165, 1.54) is 0 Å². The van der Waals surface area contributed by atoms with E-state index in [4.69, 9.17) is 9.47 Å². The Hall–Kier alpha value is -1.97. The lowest BCUT2D eigenvalue weighted by atomic mass is 10.1. The van der Waals surface area contributed by atoms with Crippen LogP contribution in [-0.2, 0) is 0 Å². The number of aromatic amines is 1. The standard InChI is InChI=1S/C13H16N2O2/c1-3-8-17-13-9-12(14-15-13)10-4-6-11(16-2)7-5-10/h4-7,9H,3,8H2,1-2H3,(H,14,15). The van der Waals surface area contributed by atoms with Crippen LogP contribution in [-0.4, -0.2) is 23.9 Å². The molecular weight excluding hydrogens is 216 g/mol. The van der Waals surface area contributed by atoms with Crippen molar-refractivity contribution >= 4 is 0 Å². The molecule has 4 nitrogen and oxygen atoms in total. The zero-order valence-electron chi connectivity index (χ0n) is 10.1. The van der Waals surface area contributed by atoms with Gasteiger partial charge in [-0.15, -0.1) is 5.10 Å². The highest BCUT2D eigenvalue weighted by molar-refractivity contribution is 5.60. The first-order valence-corrected chi connectivity index (χ1v) is 5.66. The van der Waals surface area contributed by atoms with Crippen molar-refractivity contribution in [1.29, 1.82) is 0 Å². The Morgan fingerprint density at radius 1 is 1.24 bits per heavy atom. The lowest BCUT2D eigenvalue weighted by Gasteiger charge is -2.00. The van der Waals surface area contributed by atoms with Crippen LogP contribution >= 0.6 is 0 Å². The second kappa shape index (κ2) is 5.39. The van der Waals surface area contributed by atoms with Crippen LogP contribution in [0.1, 0.15) is 13.3 Å². The average molecular weight is 232 g/mol. The van der Waals surface area contributed by atoms with Crippen LogP contribution in [0.25, 0.3) is 11.3 Å². The molecule has 0 saturated heterocycles. The smallest absolute Gasteiger partial charge is 0.233 e. The maximum Gasteiger partial charge on any atom is 0.233 e. The highest BCUT2D eigenvalue weighted by Gasteiger charge is 2.04. The van der Waals surface area contributed by atoms with Crippen molar-refractivity contribution in [3.63, 3.8) is 0 Å². The third kappa shape index (κ3) is 2.78. The van der Waals surface area contributed by atoms with E-state index in [0.29, 0.717) is 12.5 Å². The molecular formula is C13H16N2O2. The Labute approximate surface area is 101 Å². The molecule has 0 aliphatic heterocycles. The predicted molar refractivity (Wildman–Crippen MR) is 66.4 cm³/mol. The fraction of sp³-hybridized carbons (Fsp3) is 0.308. The highest BCUT2D eigenvalue weighted by Crippen LogP contribution is 2.23. The van der Waals surface area contributed by atoms with Gasteiger partial charge in [0.2, 0.25) is 5.88 Å². The molecule has 0 atom stereocenters. The molecule has 1 aromatic carbocycles. The maximum atomic E-state index is 5.44. The van der Waals surface area contributed by atoms with Gasteiger partial charge in [0.1, 0.15) is 5.75 Å². The Bertz CT molecular complexity index is 463. The summed E-state index contributed by atoms with van der Waals surface area (Å²) in [7, 11) is 1.65. The molecule has 1 heterocycles. The molecule has 0 aliphatic carbocycles. The van der Waals surface area contributed by atoms with E-state index in [2.05, 4.69) is 17.1 Å². The molecule has 1 N–H and O–H groups in total. The number of methoxy groups -OCH3 is 1. The number of nitrogens with zero attached hydrogens (tertiary/aromatic N) is 1. The fourth-order valence-corrected chi connectivity index (χ4v) is 1.50. The molecule has 0 fully saturated rings. The van der Waals surface area contributed by atoms with Gasteiger partial charge in [0.25, 0.3) is 0 Å². The summed E-state index contributed by atoms with van der Waals surface area (Å²) >= 11 is 0. The zero-order chi connectivity index (χ0) is 12.1. The van der Waals surface area contributed by atoms with Crippen molar-refractivity contribution in [2.45, 2.75) is 13.3 Å². The third-order valence-electron chi connectivity index (χ3n) is 2.41. The largest absolute Gasteiger partial charge is 0.497 e. The first kappa shape index (κ1) is 11.5. The minimum atomic E-state index is 0.637. The van der Waals surface area contributed by atoms with Crippen LogP contribution in [0.4, 0.5) is 0 Å². The molecule has 17 heavy (non-hydrogen) atoms. The molecule has 90 valence electrons. The Kier molecular flexibility index (Phi) is 3.65. The van der Waals surface area contributed by atoms with Gasteiger partial charge in [-0.2, -0.15) is 0 Å². The molecule has 2 aromatic rings. The van der Waals surface area contributed by atoms with E-state index in [-0.39, 0.29) is 0 Å². The van der Waals surface area contributed by atoms with E-state index in [1.54, 1.807) is 7.11 Å². The second-order valence-electron chi connectivity index (χ2n) is 3.70. The molecule has 0 radical (unpaired) electrons. The molecule has 2 rings (SSSR count). The van der Waals surface area contributed by atoms with E-state index in [1.807, 2.05) is 30.3 Å².